The first-order valence-electron chi connectivity index (χ1n) is 8.93. The average Bonchev–Trinajstić information content (AvgIpc) is 2.54. The van der Waals surface area contributed by atoms with Crippen molar-refractivity contribution in [1.29, 1.82) is 0 Å². The van der Waals surface area contributed by atoms with Crippen LogP contribution in [-0.4, -0.2) is 48.7 Å². The van der Waals surface area contributed by atoms with Gasteiger partial charge < -0.3 is 15.0 Å². The average molecular weight is 294 g/mol. The van der Waals surface area contributed by atoms with Crippen LogP contribution in [0.3, 0.4) is 0 Å². The molecule has 2 saturated heterocycles. The van der Waals surface area contributed by atoms with Crippen LogP contribution in [0.4, 0.5) is 0 Å². The number of nitrogens with one attached hydrogen (secondary N) is 1. The van der Waals surface area contributed by atoms with E-state index in [0.717, 1.165) is 32.5 Å². The van der Waals surface area contributed by atoms with Crippen LogP contribution in [0.1, 0.15) is 64.2 Å². The van der Waals surface area contributed by atoms with Gasteiger partial charge in [-0.25, -0.2) is 0 Å². The lowest BCUT2D eigenvalue weighted by Crippen LogP contribution is -2.50. The Balaban J connectivity index is 1.45. The molecule has 0 aromatic carbocycles. The Bertz CT molecular complexity index is 341. The molecule has 1 spiro atoms. The number of nitrogens with zero attached hydrogens (tertiary/aromatic N) is 1. The molecular formula is C17H30N2O2. The van der Waals surface area contributed by atoms with Crippen molar-refractivity contribution >= 4 is 5.91 Å². The molecule has 4 nitrogen and oxygen atoms in total. The highest BCUT2D eigenvalue weighted by molar-refractivity contribution is 5.78. The molecular weight excluding hydrogens is 264 g/mol. The summed E-state index contributed by atoms with van der Waals surface area (Å²) in [6.07, 6.45) is 12.2. The van der Waals surface area contributed by atoms with Gasteiger partial charge in [0.1, 0.15) is 0 Å². The number of amides is 1. The van der Waals surface area contributed by atoms with Crippen LogP contribution in [-0.2, 0) is 9.53 Å². The van der Waals surface area contributed by atoms with E-state index < -0.39 is 0 Å². The number of piperidine rings is 1. The minimum absolute atomic E-state index is 0.127. The molecule has 0 aromatic rings. The van der Waals surface area contributed by atoms with E-state index >= 15 is 0 Å². The molecule has 1 N–H and O–H groups in total. The van der Waals surface area contributed by atoms with E-state index in [4.69, 9.17) is 4.74 Å². The van der Waals surface area contributed by atoms with Gasteiger partial charge in [-0.15, -0.1) is 0 Å². The molecule has 1 amide bonds. The molecule has 1 unspecified atom stereocenters. The molecule has 0 aromatic heterocycles. The number of likely N-dealkylation sites (tertiary alicyclic amines) is 1. The summed E-state index contributed by atoms with van der Waals surface area (Å²) in [6.45, 7) is 3.28. The lowest BCUT2D eigenvalue weighted by atomic mass is 9.78. The Morgan fingerprint density at radius 1 is 1.10 bits per heavy atom. The Kier molecular flexibility index (Phi) is 5.17. The fraction of sp³-hybridized carbons (Fsp3) is 0.941. The van der Waals surface area contributed by atoms with Crippen molar-refractivity contribution in [1.82, 2.24) is 10.2 Å². The maximum atomic E-state index is 12.2. The van der Waals surface area contributed by atoms with Gasteiger partial charge in [0.2, 0.25) is 5.91 Å². The van der Waals surface area contributed by atoms with Crippen LogP contribution in [0.25, 0.3) is 0 Å². The van der Waals surface area contributed by atoms with Crippen molar-refractivity contribution in [3.63, 3.8) is 0 Å². The molecule has 2 aliphatic heterocycles. The van der Waals surface area contributed by atoms with Gasteiger partial charge in [0.25, 0.3) is 0 Å². The molecule has 0 bridgehead atoms. The lowest BCUT2D eigenvalue weighted by molar-refractivity contribution is -0.132. The smallest absolute Gasteiger partial charge is 0.236 e. The van der Waals surface area contributed by atoms with Crippen LogP contribution in [0, 0.1) is 0 Å². The maximum Gasteiger partial charge on any atom is 0.236 e. The number of carbonyl (C=O) groups excluding carboxylic acids is 1. The zero-order valence-corrected chi connectivity index (χ0v) is 13.2. The molecule has 21 heavy (non-hydrogen) atoms. The fourth-order valence-corrected chi connectivity index (χ4v) is 4.23. The highest BCUT2D eigenvalue weighted by Crippen LogP contribution is 2.38. The number of hydrogen-bond acceptors (Lipinski definition) is 3. The Morgan fingerprint density at radius 2 is 1.81 bits per heavy atom. The predicted molar refractivity (Wildman–Crippen MR) is 83.2 cm³/mol. The molecule has 3 fully saturated rings. The quantitative estimate of drug-likeness (QED) is 0.869. The van der Waals surface area contributed by atoms with Crippen molar-refractivity contribution in [2.24, 2.45) is 0 Å². The third-order valence-electron chi connectivity index (χ3n) is 5.51. The summed E-state index contributed by atoms with van der Waals surface area (Å²) >= 11 is 0. The summed E-state index contributed by atoms with van der Waals surface area (Å²) < 4.78 is 6.12. The summed E-state index contributed by atoms with van der Waals surface area (Å²) in [5.41, 5.74) is 0.127. The molecule has 120 valence electrons. The Hall–Kier alpha value is -0.610. The van der Waals surface area contributed by atoms with E-state index in [-0.39, 0.29) is 5.60 Å². The molecule has 1 aliphatic carbocycles. The van der Waals surface area contributed by atoms with Gasteiger partial charge in [-0.05, 0) is 44.9 Å². The lowest BCUT2D eigenvalue weighted by Gasteiger charge is -2.43. The first-order valence-corrected chi connectivity index (χ1v) is 8.93. The summed E-state index contributed by atoms with van der Waals surface area (Å²) in [5.74, 6) is 0.291. The third-order valence-corrected chi connectivity index (χ3v) is 5.51. The molecule has 3 rings (SSSR count). The highest BCUT2D eigenvalue weighted by atomic mass is 16.5. The second-order valence-electron chi connectivity index (χ2n) is 7.10. The SMILES string of the molecule is O=C(CNC1CCOC2(CCCCC2)C1)N1CCCCC1. The van der Waals surface area contributed by atoms with Crippen molar-refractivity contribution in [2.45, 2.75) is 75.9 Å². The molecule has 3 aliphatic rings. The van der Waals surface area contributed by atoms with E-state index in [0.29, 0.717) is 18.5 Å². The standard InChI is InChI=1S/C17H30N2O2/c20-16(19-10-5-2-6-11-19)14-18-15-7-12-21-17(13-15)8-3-1-4-9-17/h15,18H,1-14H2. The van der Waals surface area contributed by atoms with Gasteiger partial charge in [0.15, 0.2) is 0 Å². The summed E-state index contributed by atoms with van der Waals surface area (Å²) in [7, 11) is 0. The molecule has 1 saturated carbocycles. The van der Waals surface area contributed by atoms with Crippen molar-refractivity contribution in [2.75, 3.05) is 26.2 Å². The molecule has 1 atom stereocenters. The van der Waals surface area contributed by atoms with Crippen molar-refractivity contribution in [3.05, 3.63) is 0 Å². The van der Waals surface area contributed by atoms with Gasteiger partial charge in [-0.3, -0.25) is 4.79 Å². The van der Waals surface area contributed by atoms with E-state index in [2.05, 4.69) is 5.32 Å². The van der Waals surface area contributed by atoms with Crippen molar-refractivity contribution < 1.29 is 9.53 Å². The number of hydrogen-bond donors (Lipinski definition) is 1. The zero-order valence-electron chi connectivity index (χ0n) is 13.2. The second kappa shape index (κ2) is 7.10. The van der Waals surface area contributed by atoms with Gasteiger partial charge in [0, 0.05) is 25.7 Å². The maximum absolute atomic E-state index is 12.2. The first kappa shape index (κ1) is 15.3. The molecule has 2 heterocycles. The van der Waals surface area contributed by atoms with Gasteiger partial charge >= 0.3 is 0 Å². The first-order chi connectivity index (χ1) is 10.3. The van der Waals surface area contributed by atoms with Crippen molar-refractivity contribution in [3.8, 4) is 0 Å². The number of carbonyl (C=O) groups is 1. The van der Waals surface area contributed by atoms with Crippen LogP contribution < -0.4 is 5.32 Å². The topological polar surface area (TPSA) is 41.6 Å². The Morgan fingerprint density at radius 3 is 2.57 bits per heavy atom. The van der Waals surface area contributed by atoms with Crippen LogP contribution in [0.2, 0.25) is 0 Å². The minimum Gasteiger partial charge on any atom is -0.375 e. The highest BCUT2D eigenvalue weighted by Gasteiger charge is 2.38. The van der Waals surface area contributed by atoms with Gasteiger partial charge in [-0.1, -0.05) is 19.3 Å². The van der Waals surface area contributed by atoms with E-state index in [1.54, 1.807) is 0 Å². The molecule has 4 heteroatoms. The van der Waals surface area contributed by atoms with Crippen LogP contribution >= 0.6 is 0 Å². The minimum atomic E-state index is 0.127. The fourth-order valence-electron chi connectivity index (χ4n) is 4.23. The summed E-state index contributed by atoms with van der Waals surface area (Å²) in [4.78, 5) is 14.3. The van der Waals surface area contributed by atoms with Crippen LogP contribution in [0.5, 0.6) is 0 Å². The Labute approximate surface area is 128 Å². The van der Waals surface area contributed by atoms with Gasteiger partial charge in [0.05, 0.1) is 12.1 Å². The second-order valence-corrected chi connectivity index (χ2v) is 7.10. The predicted octanol–water partition coefficient (Wildman–Crippen LogP) is 2.47. The normalized spacial score (nSPS) is 29.5. The van der Waals surface area contributed by atoms with Gasteiger partial charge in [-0.2, -0.15) is 0 Å². The van der Waals surface area contributed by atoms with Crippen LogP contribution in [0.15, 0.2) is 0 Å². The summed E-state index contributed by atoms with van der Waals surface area (Å²) in [5, 5.41) is 3.52. The monoisotopic (exact) mass is 294 g/mol. The number of ether oxygens (including phenoxy) is 1. The molecule has 0 radical (unpaired) electrons. The van der Waals surface area contributed by atoms with E-state index in [9.17, 15) is 4.79 Å². The van der Waals surface area contributed by atoms with E-state index in [1.807, 2.05) is 4.90 Å². The third kappa shape index (κ3) is 3.98. The number of rotatable bonds is 3. The summed E-state index contributed by atoms with van der Waals surface area (Å²) in [6, 6.07) is 0.464. The zero-order chi connectivity index (χ0) is 14.5. The largest absolute Gasteiger partial charge is 0.375 e. The van der Waals surface area contributed by atoms with E-state index in [1.165, 1.54) is 51.4 Å².